The molecule has 0 aromatic heterocycles. The average Bonchev–Trinajstić information content (AvgIpc) is 2.75. The summed E-state index contributed by atoms with van der Waals surface area (Å²) < 4.78 is 0.946. The zero-order chi connectivity index (χ0) is 15.7. The quantitative estimate of drug-likeness (QED) is 0.716. The lowest BCUT2D eigenvalue weighted by Crippen LogP contribution is -2.27. The van der Waals surface area contributed by atoms with Crippen LogP contribution in [-0.4, -0.2) is 11.1 Å². The average molecular weight is 394 g/mol. The Balaban J connectivity index is 1.93. The number of hydrogen-bond acceptors (Lipinski definition) is 3. The molecular formula is C16H10BrClN2OS. The van der Waals surface area contributed by atoms with Crippen molar-refractivity contribution >= 4 is 62.1 Å². The summed E-state index contributed by atoms with van der Waals surface area (Å²) in [5, 5.41) is 8.84. The first-order valence-corrected chi connectivity index (χ1v) is 8.37. The zero-order valence-corrected chi connectivity index (χ0v) is 14.4. The standard InChI is InChI=1S/C16H10BrClN2OS/c17-11-3-1-2-10(8-11)9-14-15(21)20(16(19)22-14)13-6-4-12(18)5-7-13/h1-9,19H/b14-9-,19-16?. The fourth-order valence-corrected chi connectivity index (χ4v) is 3.46. The van der Waals surface area contributed by atoms with Gasteiger partial charge in [0.25, 0.3) is 5.91 Å². The second-order valence-corrected chi connectivity index (χ2v) is 6.97. The number of carbonyl (C=O) groups is 1. The van der Waals surface area contributed by atoms with Gasteiger partial charge < -0.3 is 0 Å². The molecule has 3 rings (SSSR count). The van der Waals surface area contributed by atoms with E-state index in [2.05, 4.69) is 15.9 Å². The fraction of sp³-hybridized carbons (Fsp3) is 0. The number of benzene rings is 2. The van der Waals surface area contributed by atoms with Crippen molar-refractivity contribution in [1.82, 2.24) is 0 Å². The number of nitrogens with zero attached hydrogens (tertiary/aromatic N) is 1. The van der Waals surface area contributed by atoms with Crippen LogP contribution in [0.2, 0.25) is 5.02 Å². The largest absolute Gasteiger partial charge is 0.278 e. The van der Waals surface area contributed by atoms with E-state index >= 15 is 0 Å². The molecule has 110 valence electrons. The molecule has 1 fully saturated rings. The molecule has 1 saturated heterocycles. The maximum absolute atomic E-state index is 12.5. The fourth-order valence-electron chi connectivity index (χ4n) is 2.06. The number of nitrogens with one attached hydrogen (secondary N) is 1. The van der Waals surface area contributed by atoms with Gasteiger partial charge in [-0.05, 0) is 59.8 Å². The highest BCUT2D eigenvalue weighted by Gasteiger charge is 2.33. The van der Waals surface area contributed by atoms with Gasteiger partial charge in [-0.3, -0.25) is 15.1 Å². The monoisotopic (exact) mass is 392 g/mol. The normalized spacial score (nSPS) is 16.6. The number of thioether (sulfide) groups is 1. The molecule has 0 radical (unpaired) electrons. The summed E-state index contributed by atoms with van der Waals surface area (Å²) in [6.45, 7) is 0. The van der Waals surface area contributed by atoms with Crippen LogP contribution in [0, 0.1) is 5.41 Å². The minimum absolute atomic E-state index is 0.188. The smallest absolute Gasteiger partial charge is 0.271 e. The first-order chi connectivity index (χ1) is 10.5. The summed E-state index contributed by atoms with van der Waals surface area (Å²) in [5.74, 6) is -0.197. The van der Waals surface area contributed by atoms with Crippen molar-refractivity contribution in [3.8, 4) is 0 Å². The molecule has 2 aromatic carbocycles. The van der Waals surface area contributed by atoms with Crippen molar-refractivity contribution in [1.29, 1.82) is 5.41 Å². The van der Waals surface area contributed by atoms with E-state index in [-0.39, 0.29) is 11.1 Å². The summed E-state index contributed by atoms with van der Waals surface area (Å²) in [7, 11) is 0. The molecule has 0 saturated carbocycles. The van der Waals surface area contributed by atoms with Crippen LogP contribution in [0.5, 0.6) is 0 Å². The highest BCUT2D eigenvalue weighted by Crippen LogP contribution is 2.35. The van der Waals surface area contributed by atoms with Crippen molar-refractivity contribution in [3.63, 3.8) is 0 Å². The van der Waals surface area contributed by atoms with E-state index in [4.69, 9.17) is 17.0 Å². The molecule has 1 aliphatic heterocycles. The third-order valence-electron chi connectivity index (χ3n) is 3.05. The minimum atomic E-state index is -0.197. The Morgan fingerprint density at radius 1 is 1.18 bits per heavy atom. The van der Waals surface area contributed by atoms with Gasteiger partial charge in [0.1, 0.15) is 0 Å². The van der Waals surface area contributed by atoms with Crippen molar-refractivity contribution in [2.75, 3.05) is 4.90 Å². The lowest BCUT2D eigenvalue weighted by molar-refractivity contribution is -0.113. The highest BCUT2D eigenvalue weighted by atomic mass is 79.9. The Morgan fingerprint density at radius 3 is 2.59 bits per heavy atom. The van der Waals surface area contributed by atoms with Crippen LogP contribution >= 0.6 is 39.3 Å². The van der Waals surface area contributed by atoms with E-state index in [1.807, 2.05) is 24.3 Å². The molecule has 1 amide bonds. The summed E-state index contributed by atoms with van der Waals surface area (Å²) in [4.78, 5) is 14.4. The summed E-state index contributed by atoms with van der Waals surface area (Å²) in [6, 6.07) is 14.6. The van der Waals surface area contributed by atoms with Crippen molar-refractivity contribution in [2.24, 2.45) is 0 Å². The van der Waals surface area contributed by atoms with Crippen LogP contribution in [0.25, 0.3) is 6.08 Å². The van der Waals surface area contributed by atoms with Gasteiger partial charge in [-0.2, -0.15) is 0 Å². The van der Waals surface area contributed by atoms with E-state index in [1.165, 1.54) is 4.90 Å². The molecule has 1 heterocycles. The molecule has 6 heteroatoms. The molecule has 0 bridgehead atoms. The molecular weight excluding hydrogens is 384 g/mol. The van der Waals surface area contributed by atoms with Gasteiger partial charge in [0.2, 0.25) is 0 Å². The maximum Gasteiger partial charge on any atom is 0.271 e. The van der Waals surface area contributed by atoms with Crippen LogP contribution in [0.15, 0.2) is 57.9 Å². The Labute approximate surface area is 145 Å². The zero-order valence-electron chi connectivity index (χ0n) is 11.2. The Morgan fingerprint density at radius 2 is 1.91 bits per heavy atom. The molecule has 1 N–H and O–H groups in total. The topological polar surface area (TPSA) is 44.2 Å². The minimum Gasteiger partial charge on any atom is -0.278 e. The lowest BCUT2D eigenvalue weighted by atomic mass is 10.2. The van der Waals surface area contributed by atoms with Crippen LogP contribution in [0.1, 0.15) is 5.56 Å². The summed E-state index contributed by atoms with van der Waals surface area (Å²) in [5.41, 5.74) is 1.56. The lowest BCUT2D eigenvalue weighted by Gasteiger charge is -2.14. The number of carbonyl (C=O) groups excluding carboxylic acids is 1. The first kappa shape index (κ1) is 15.3. The van der Waals surface area contributed by atoms with Gasteiger partial charge >= 0.3 is 0 Å². The Kier molecular flexibility index (Phi) is 4.38. The van der Waals surface area contributed by atoms with E-state index in [0.29, 0.717) is 15.6 Å². The van der Waals surface area contributed by atoms with Crippen LogP contribution in [0.4, 0.5) is 5.69 Å². The number of hydrogen-bond donors (Lipinski definition) is 1. The number of amidine groups is 1. The molecule has 2 aromatic rings. The number of rotatable bonds is 2. The molecule has 0 spiro atoms. The molecule has 0 atom stereocenters. The molecule has 1 aliphatic rings. The van der Waals surface area contributed by atoms with Crippen LogP contribution in [-0.2, 0) is 4.79 Å². The van der Waals surface area contributed by atoms with Crippen molar-refractivity contribution in [3.05, 3.63) is 68.5 Å². The third-order valence-corrected chi connectivity index (χ3v) is 4.69. The van der Waals surface area contributed by atoms with Gasteiger partial charge in [0.15, 0.2) is 5.17 Å². The summed E-state index contributed by atoms with van der Waals surface area (Å²) >= 11 is 10.4. The predicted octanol–water partition coefficient (Wildman–Crippen LogP) is 5.16. The van der Waals surface area contributed by atoms with Crippen LogP contribution < -0.4 is 4.90 Å². The second-order valence-electron chi connectivity index (χ2n) is 4.59. The molecule has 3 nitrogen and oxygen atoms in total. The number of halogens is 2. The molecule has 0 unspecified atom stereocenters. The molecule has 0 aliphatic carbocycles. The van der Waals surface area contributed by atoms with E-state index < -0.39 is 0 Å². The van der Waals surface area contributed by atoms with Gasteiger partial charge in [-0.15, -0.1) is 0 Å². The van der Waals surface area contributed by atoms with Crippen LogP contribution in [0.3, 0.4) is 0 Å². The second kappa shape index (κ2) is 6.28. The Bertz CT molecular complexity index is 789. The van der Waals surface area contributed by atoms with Gasteiger partial charge in [0, 0.05) is 9.50 Å². The van der Waals surface area contributed by atoms with E-state index in [0.717, 1.165) is 21.8 Å². The van der Waals surface area contributed by atoms with Gasteiger partial charge in [0.05, 0.1) is 10.6 Å². The van der Waals surface area contributed by atoms with Gasteiger partial charge in [-0.25, -0.2) is 0 Å². The molecule has 22 heavy (non-hydrogen) atoms. The number of anilines is 1. The van der Waals surface area contributed by atoms with Crippen molar-refractivity contribution < 1.29 is 4.79 Å². The first-order valence-electron chi connectivity index (χ1n) is 6.38. The van der Waals surface area contributed by atoms with Gasteiger partial charge in [-0.1, -0.05) is 39.7 Å². The third kappa shape index (κ3) is 3.11. The van der Waals surface area contributed by atoms with E-state index in [1.54, 1.807) is 30.3 Å². The Hall–Kier alpha value is -1.56. The van der Waals surface area contributed by atoms with Crippen molar-refractivity contribution in [2.45, 2.75) is 0 Å². The highest BCUT2D eigenvalue weighted by molar-refractivity contribution is 9.10. The SMILES string of the molecule is N=C1S/C(=C\c2cccc(Br)c2)C(=O)N1c1ccc(Cl)cc1. The maximum atomic E-state index is 12.5. The number of amides is 1. The summed E-state index contributed by atoms with van der Waals surface area (Å²) in [6.07, 6.45) is 1.79. The predicted molar refractivity (Wildman–Crippen MR) is 96.4 cm³/mol. The van der Waals surface area contributed by atoms with E-state index in [9.17, 15) is 4.79 Å².